The molecule has 6 heteroatoms. The maximum atomic E-state index is 5.65. The first-order valence-electron chi connectivity index (χ1n) is 12.0. The van der Waals surface area contributed by atoms with Crippen LogP contribution in [-0.4, -0.2) is 31.4 Å². The average molecular weight is 462 g/mol. The van der Waals surface area contributed by atoms with Crippen molar-refractivity contribution in [2.45, 2.75) is 32.2 Å². The van der Waals surface area contributed by atoms with E-state index in [0.29, 0.717) is 0 Å². The Morgan fingerprint density at radius 1 is 1.03 bits per heavy atom. The fourth-order valence-electron chi connectivity index (χ4n) is 5.02. The van der Waals surface area contributed by atoms with E-state index in [-0.39, 0.29) is 5.92 Å². The highest BCUT2D eigenvalue weighted by Crippen LogP contribution is 2.36. The lowest BCUT2D eigenvalue weighted by molar-refractivity contribution is 0.413. The highest BCUT2D eigenvalue weighted by molar-refractivity contribution is 5.86. The summed E-state index contributed by atoms with van der Waals surface area (Å²) >= 11 is 0. The normalized spacial score (nSPS) is 15.5. The zero-order chi connectivity index (χ0) is 23.8. The van der Waals surface area contributed by atoms with Gasteiger partial charge < -0.3 is 9.30 Å². The van der Waals surface area contributed by atoms with Crippen molar-refractivity contribution in [3.8, 4) is 11.4 Å². The Labute approximate surface area is 204 Å². The molecule has 0 radical (unpaired) electrons. The molecule has 0 amide bonds. The standard InChI is InChI=1S/C29H27N5O/c1-20-18-33(19-30-20)26-14-12-21(17-27(26)35-2)13-15-28-31-29-25(11-6-16-34(29)32-28)24-10-5-8-22-7-3-4-9-23(22)24/h3-5,7-10,12-15,17-19,25H,6,11,16H2,1-2H3/b15-13+/t25-/m1/s1. The van der Waals surface area contributed by atoms with E-state index in [9.17, 15) is 0 Å². The molecule has 0 N–H and O–H groups in total. The van der Waals surface area contributed by atoms with E-state index < -0.39 is 0 Å². The first-order valence-corrected chi connectivity index (χ1v) is 12.0. The third-order valence-electron chi connectivity index (χ3n) is 6.71. The fourth-order valence-corrected chi connectivity index (χ4v) is 5.02. The molecule has 0 saturated heterocycles. The molecule has 0 bridgehead atoms. The van der Waals surface area contributed by atoms with Crippen LogP contribution in [0.25, 0.3) is 28.6 Å². The van der Waals surface area contributed by atoms with Crippen LogP contribution < -0.4 is 4.74 Å². The molecule has 0 saturated carbocycles. The number of aryl methyl sites for hydroxylation is 2. The topological polar surface area (TPSA) is 57.8 Å². The van der Waals surface area contributed by atoms with Crippen LogP contribution in [0.5, 0.6) is 5.75 Å². The third-order valence-corrected chi connectivity index (χ3v) is 6.71. The molecule has 2 aromatic heterocycles. The highest BCUT2D eigenvalue weighted by atomic mass is 16.5. The summed E-state index contributed by atoms with van der Waals surface area (Å²) in [7, 11) is 1.69. The van der Waals surface area contributed by atoms with Gasteiger partial charge in [-0.15, -0.1) is 0 Å². The van der Waals surface area contributed by atoms with Crippen molar-refractivity contribution in [2.24, 2.45) is 0 Å². The molecule has 0 fully saturated rings. The monoisotopic (exact) mass is 461 g/mol. The largest absolute Gasteiger partial charge is 0.495 e. The highest BCUT2D eigenvalue weighted by Gasteiger charge is 2.26. The van der Waals surface area contributed by atoms with E-state index in [1.807, 2.05) is 42.0 Å². The number of benzene rings is 3. The summed E-state index contributed by atoms with van der Waals surface area (Å²) in [6, 6.07) is 21.3. The molecule has 35 heavy (non-hydrogen) atoms. The van der Waals surface area contributed by atoms with Gasteiger partial charge in [0.2, 0.25) is 0 Å². The maximum absolute atomic E-state index is 5.65. The van der Waals surface area contributed by atoms with Gasteiger partial charge in [0, 0.05) is 18.7 Å². The van der Waals surface area contributed by atoms with Crippen molar-refractivity contribution < 1.29 is 4.74 Å². The Bertz CT molecular complexity index is 1540. The van der Waals surface area contributed by atoms with Crippen LogP contribution in [0.1, 0.15) is 47.2 Å². The Kier molecular flexibility index (Phi) is 5.41. The van der Waals surface area contributed by atoms with Crippen molar-refractivity contribution in [1.29, 1.82) is 0 Å². The van der Waals surface area contributed by atoms with Crippen molar-refractivity contribution in [3.63, 3.8) is 0 Å². The van der Waals surface area contributed by atoms with Gasteiger partial charge in [-0.05, 0) is 59.9 Å². The molecule has 5 aromatic rings. The summed E-state index contributed by atoms with van der Waals surface area (Å²) in [5.41, 5.74) is 4.29. The fraction of sp³-hybridized carbons (Fsp3) is 0.207. The molecule has 6 rings (SSSR count). The van der Waals surface area contributed by atoms with Crippen LogP contribution in [0.15, 0.2) is 73.2 Å². The van der Waals surface area contributed by atoms with Crippen LogP contribution in [-0.2, 0) is 6.54 Å². The Hall–Kier alpha value is -4.19. The lowest BCUT2D eigenvalue weighted by atomic mass is 9.88. The Morgan fingerprint density at radius 3 is 2.77 bits per heavy atom. The van der Waals surface area contributed by atoms with Crippen LogP contribution in [0.2, 0.25) is 0 Å². The number of methoxy groups -OCH3 is 1. The van der Waals surface area contributed by atoms with Crippen LogP contribution in [0, 0.1) is 6.92 Å². The summed E-state index contributed by atoms with van der Waals surface area (Å²) in [5.74, 6) is 2.83. The van der Waals surface area contributed by atoms with E-state index in [2.05, 4.69) is 58.2 Å². The summed E-state index contributed by atoms with van der Waals surface area (Å²) in [6.45, 7) is 2.88. The van der Waals surface area contributed by atoms with Gasteiger partial charge in [-0.1, -0.05) is 54.6 Å². The smallest absolute Gasteiger partial charge is 0.174 e. The lowest BCUT2D eigenvalue weighted by Gasteiger charge is -2.23. The second-order valence-corrected chi connectivity index (χ2v) is 9.00. The van der Waals surface area contributed by atoms with E-state index in [1.165, 1.54) is 16.3 Å². The van der Waals surface area contributed by atoms with Gasteiger partial charge in [-0.3, -0.25) is 0 Å². The molecule has 1 atom stereocenters. The number of aromatic nitrogens is 5. The molecule has 1 aliphatic rings. The molecule has 3 aromatic carbocycles. The van der Waals surface area contributed by atoms with E-state index in [0.717, 1.165) is 53.7 Å². The maximum Gasteiger partial charge on any atom is 0.174 e. The van der Waals surface area contributed by atoms with Gasteiger partial charge in [-0.25, -0.2) is 14.6 Å². The van der Waals surface area contributed by atoms with Crippen molar-refractivity contribution in [2.75, 3.05) is 7.11 Å². The number of imidazole rings is 1. The molecular formula is C29H27N5O. The number of fused-ring (bicyclic) bond motifs is 2. The summed E-state index contributed by atoms with van der Waals surface area (Å²) in [4.78, 5) is 9.28. The first-order chi connectivity index (χ1) is 17.2. The second-order valence-electron chi connectivity index (χ2n) is 9.00. The Morgan fingerprint density at radius 2 is 1.91 bits per heavy atom. The number of hydrogen-bond acceptors (Lipinski definition) is 4. The van der Waals surface area contributed by atoms with Gasteiger partial charge in [0.15, 0.2) is 5.82 Å². The minimum Gasteiger partial charge on any atom is -0.495 e. The minimum atomic E-state index is 0.252. The van der Waals surface area contributed by atoms with Crippen molar-refractivity contribution >= 4 is 22.9 Å². The van der Waals surface area contributed by atoms with E-state index >= 15 is 0 Å². The van der Waals surface area contributed by atoms with Crippen molar-refractivity contribution in [3.05, 3.63) is 102 Å². The number of rotatable bonds is 5. The predicted molar refractivity (Wildman–Crippen MR) is 139 cm³/mol. The summed E-state index contributed by atoms with van der Waals surface area (Å²) in [5, 5.41) is 7.38. The zero-order valence-corrected chi connectivity index (χ0v) is 19.9. The number of nitrogens with zero attached hydrogens (tertiary/aromatic N) is 5. The number of hydrogen-bond donors (Lipinski definition) is 0. The van der Waals surface area contributed by atoms with Crippen LogP contribution in [0.3, 0.4) is 0 Å². The lowest BCUT2D eigenvalue weighted by Crippen LogP contribution is -2.18. The quantitative estimate of drug-likeness (QED) is 0.321. The number of ether oxygens (including phenoxy) is 1. The summed E-state index contributed by atoms with van der Waals surface area (Å²) in [6.07, 6.45) is 10.00. The molecule has 0 spiro atoms. The second kappa shape index (κ2) is 8.87. The predicted octanol–water partition coefficient (Wildman–Crippen LogP) is 6.03. The van der Waals surface area contributed by atoms with E-state index in [4.69, 9.17) is 14.8 Å². The molecule has 174 valence electrons. The average Bonchev–Trinajstić information content (AvgIpc) is 3.52. The zero-order valence-electron chi connectivity index (χ0n) is 19.9. The first kappa shape index (κ1) is 21.4. The van der Waals surface area contributed by atoms with Crippen LogP contribution in [0.4, 0.5) is 0 Å². The SMILES string of the molecule is COc1cc(/C=C/c2nc3n(n2)CCC[C@@H]3c2cccc3ccccc23)ccc1-n1cnc(C)c1. The van der Waals surface area contributed by atoms with Gasteiger partial charge in [0.05, 0.1) is 24.8 Å². The summed E-state index contributed by atoms with van der Waals surface area (Å²) < 4.78 is 9.70. The van der Waals surface area contributed by atoms with Crippen LogP contribution >= 0.6 is 0 Å². The van der Waals surface area contributed by atoms with Gasteiger partial charge in [-0.2, -0.15) is 5.10 Å². The molecule has 1 aliphatic heterocycles. The molecular weight excluding hydrogens is 434 g/mol. The van der Waals surface area contributed by atoms with Gasteiger partial charge in [0.25, 0.3) is 0 Å². The van der Waals surface area contributed by atoms with E-state index in [1.54, 1.807) is 13.4 Å². The molecule has 0 aliphatic carbocycles. The third kappa shape index (κ3) is 4.01. The van der Waals surface area contributed by atoms with Gasteiger partial charge in [0.1, 0.15) is 11.6 Å². The van der Waals surface area contributed by atoms with Gasteiger partial charge >= 0.3 is 0 Å². The Balaban J connectivity index is 1.30. The molecule has 3 heterocycles. The van der Waals surface area contributed by atoms with Crippen molar-refractivity contribution in [1.82, 2.24) is 24.3 Å². The minimum absolute atomic E-state index is 0.252. The molecule has 6 nitrogen and oxygen atoms in total. The molecule has 0 unspecified atom stereocenters.